The summed E-state index contributed by atoms with van der Waals surface area (Å²) >= 11 is 0. The molecule has 0 unspecified atom stereocenters. The summed E-state index contributed by atoms with van der Waals surface area (Å²) in [5.41, 5.74) is 2.39. The van der Waals surface area contributed by atoms with Gasteiger partial charge in [0.05, 0.1) is 13.2 Å². The highest BCUT2D eigenvalue weighted by Gasteiger charge is 2.04. The predicted molar refractivity (Wildman–Crippen MR) is 66.8 cm³/mol. The summed E-state index contributed by atoms with van der Waals surface area (Å²) in [7, 11) is 0. The molecule has 1 aromatic rings. The van der Waals surface area contributed by atoms with Gasteiger partial charge in [-0.15, -0.1) is 0 Å². The van der Waals surface area contributed by atoms with Crippen LogP contribution < -0.4 is 4.90 Å². The lowest BCUT2D eigenvalue weighted by atomic mass is 10.1. The Morgan fingerprint density at radius 3 is 2.00 bits per heavy atom. The molecule has 3 nitrogen and oxygen atoms in total. The third-order valence-electron chi connectivity index (χ3n) is 2.58. The number of rotatable bonds is 7. The zero-order valence-electron chi connectivity index (χ0n) is 9.89. The molecule has 0 aliphatic heterocycles. The molecular formula is C13H21NO2. The van der Waals surface area contributed by atoms with Crippen molar-refractivity contribution in [3.63, 3.8) is 0 Å². The largest absolute Gasteiger partial charge is 0.395 e. The van der Waals surface area contributed by atoms with Crippen molar-refractivity contribution in [3.05, 3.63) is 29.8 Å². The highest BCUT2D eigenvalue weighted by molar-refractivity contribution is 5.47. The van der Waals surface area contributed by atoms with Crippen LogP contribution in [0.5, 0.6) is 0 Å². The van der Waals surface area contributed by atoms with E-state index >= 15 is 0 Å². The van der Waals surface area contributed by atoms with E-state index in [4.69, 9.17) is 10.2 Å². The van der Waals surface area contributed by atoms with Crippen molar-refractivity contribution in [3.8, 4) is 0 Å². The van der Waals surface area contributed by atoms with Crippen molar-refractivity contribution in [2.24, 2.45) is 0 Å². The molecular weight excluding hydrogens is 202 g/mol. The van der Waals surface area contributed by atoms with Crippen LogP contribution in [0.15, 0.2) is 24.3 Å². The van der Waals surface area contributed by atoms with Crippen LogP contribution in [-0.4, -0.2) is 36.5 Å². The van der Waals surface area contributed by atoms with Crippen LogP contribution in [0.4, 0.5) is 5.69 Å². The Labute approximate surface area is 97.3 Å². The van der Waals surface area contributed by atoms with Gasteiger partial charge < -0.3 is 15.1 Å². The Morgan fingerprint density at radius 1 is 1.00 bits per heavy atom. The fourth-order valence-corrected chi connectivity index (χ4v) is 1.77. The quantitative estimate of drug-likeness (QED) is 0.735. The van der Waals surface area contributed by atoms with E-state index in [9.17, 15) is 0 Å². The normalized spacial score (nSPS) is 10.4. The van der Waals surface area contributed by atoms with E-state index in [1.54, 1.807) is 0 Å². The zero-order chi connectivity index (χ0) is 11.8. The molecule has 0 spiro atoms. The molecule has 90 valence electrons. The molecule has 2 N–H and O–H groups in total. The fourth-order valence-electron chi connectivity index (χ4n) is 1.77. The summed E-state index contributed by atoms with van der Waals surface area (Å²) in [6.07, 6.45) is 2.25. The average Bonchev–Trinajstić information content (AvgIpc) is 2.30. The molecule has 0 aliphatic rings. The first kappa shape index (κ1) is 13.0. The molecule has 0 aromatic heterocycles. The molecule has 0 amide bonds. The number of anilines is 1. The molecule has 0 saturated heterocycles. The van der Waals surface area contributed by atoms with Crippen molar-refractivity contribution >= 4 is 5.69 Å². The van der Waals surface area contributed by atoms with Crippen LogP contribution in [0.25, 0.3) is 0 Å². The molecule has 0 bridgehead atoms. The number of aryl methyl sites for hydroxylation is 1. The van der Waals surface area contributed by atoms with E-state index in [2.05, 4.69) is 31.2 Å². The fraction of sp³-hybridized carbons (Fsp3) is 0.538. The van der Waals surface area contributed by atoms with Crippen molar-refractivity contribution in [1.29, 1.82) is 0 Å². The number of nitrogens with zero attached hydrogens (tertiary/aromatic N) is 1. The molecule has 3 heteroatoms. The summed E-state index contributed by atoms with van der Waals surface area (Å²) in [4.78, 5) is 1.98. The molecule has 0 aliphatic carbocycles. The lowest BCUT2D eigenvalue weighted by Crippen LogP contribution is -2.29. The minimum Gasteiger partial charge on any atom is -0.395 e. The average molecular weight is 223 g/mol. The summed E-state index contributed by atoms with van der Waals surface area (Å²) in [5.74, 6) is 0. The molecule has 0 saturated carbocycles. The van der Waals surface area contributed by atoms with Gasteiger partial charge in [-0.2, -0.15) is 0 Å². The van der Waals surface area contributed by atoms with Crippen LogP contribution in [0, 0.1) is 0 Å². The lowest BCUT2D eigenvalue weighted by molar-refractivity contribution is 0.281. The van der Waals surface area contributed by atoms with Crippen LogP contribution >= 0.6 is 0 Å². The molecule has 16 heavy (non-hydrogen) atoms. The SMILES string of the molecule is CCCc1ccc(N(CCO)CCO)cc1. The monoisotopic (exact) mass is 223 g/mol. The molecule has 1 rings (SSSR count). The van der Waals surface area contributed by atoms with Gasteiger partial charge in [-0.05, 0) is 24.1 Å². The number of aliphatic hydroxyl groups is 2. The van der Waals surface area contributed by atoms with E-state index in [1.807, 2.05) is 4.90 Å². The van der Waals surface area contributed by atoms with Gasteiger partial charge in [-0.25, -0.2) is 0 Å². The summed E-state index contributed by atoms with van der Waals surface area (Å²) in [6.45, 7) is 3.51. The zero-order valence-corrected chi connectivity index (χ0v) is 9.89. The van der Waals surface area contributed by atoms with Crippen molar-refractivity contribution in [1.82, 2.24) is 0 Å². The van der Waals surface area contributed by atoms with Gasteiger partial charge >= 0.3 is 0 Å². The molecule has 1 aromatic carbocycles. The van der Waals surface area contributed by atoms with Crippen LogP contribution in [0.2, 0.25) is 0 Å². The first-order valence-corrected chi connectivity index (χ1v) is 5.87. The van der Waals surface area contributed by atoms with E-state index in [1.165, 1.54) is 5.56 Å². The molecule has 0 radical (unpaired) electrons. The Balaban J connectivity index is 2.68. The maximum atomic E-state index is 8.94. The second-order valence-electron chi connectivity index (χ2n) is 3.85. The molecule has 0 fully saturated rings. The van der Waals surface area contributed by atoms with Gasteiger partial charge in [0.2, 0.25) is 0 Å². The van der Waals surface area contributed by atoms with E-state index < -0.39 is 0 Å². The highest BCUT2D eigenvalue weighted by atomic mass is 16.3. The number of hydrogen-bond donors (Lipinski definition) is 2. The number of hydrogen-bond acceptors (Lipinski definition) is 3. The second-order valence-corrected chi connectivity index (χ2v) is 3.85. The number of benzene rings is 1. The number of aliphatic hydroxyl groups excluding tert-OH is 2. The van der Waals surface area contributed by atoms with Gasteiger partial charge in [-0.1, -0.05) is 25.5 Å². The van der Waals surface area contributed by atoms with Crippen LogP contribution in [-0.2, 0) is 6.42 Å². The predicted octanol–water partition coefficient (Wildman–Crippen LogP) is 1.43. The summed E-state index contributed by atoms with van der Waals surface area (Å²) in [6, 6.07) is 8.33. The minimum absolute atomic E-state index is 0.108. The van der Waals surface area contributed by atoms with Crippen LogP contribution in [0.3, 0.4) is 0 Å². The lowest BCUT2D eigenvalue weighted by Gasteiger charge is -2.23. The van der Waals surface area contributed by atoms with Crippen molar-refractivity contribution in [2.45, 2.75) is 19.8 Å². The maximum absolute atomic E-state index is 8.94. The first-order chi connectivity index (χ1) is 7.81. The second kappa shape index (κ2) is 7.25. The standard InChI is InChI=1S/C13H21NO2/c1-2-3-12-4-6-13(7-5-12)14(8-10-15)9-11-16/h4-7,15-16H,2-3,8-11H2,1H3. The smallest absolute Gasteiger partial charge is 0.0606 e. The van der Waals surface area contributed by atoms with Gasteiger partial charge in [0.1, 0.15) is 0 Å². The van der Waals surface area contributed by atoms with Gasteiger partial charge in [0.15, 0.2) is 0 Å². The van der Waals surface area contributed by atoms with E-state index in [0.717, 1.165) is 18.5 Å². The Hall–Kier alpha value is -1.06. The summed E-state index contributed by atoms with van der Waals surface area (Å²) < 4.78 is 0. The Morgan fingerprint density at radius 2 is 1.56 bits per heavy atom. The topological polar surface area (TPSA) is 43.7 Å². The molecule has 0 heterocycles. The summed E-state index contributed by atoms with van der Waals surface area (Å²) in [5, 5.41) is 17.9. The maximum Gasteiger partial charge on any atom is 0.0606 e. The van der Waals surface area contributed by atoms with Crippen molar-refractivity contribution < 1.29 is 10.2 Å². The highest BCUT2D eigenvalue weighted by Crippen LogP contribution is 2.15. The third-order valence-corrected chi connectivity index (χ3v) is 2.58. The van der Waals surface area contributed by atoms with Gasteiger partial charge in [-0.3, -0.25) is 0 Å². The van der Waals surface area contributed by atoms with Crippen molar-refractivity contribution in [2.75, 3.05) is 31.2 Å². The minimum atomic E-state index is 0.108. The Kier molecular flexibility index (Phi) is 5.90. The van der Waals surface area contributed by atoms with Gasteiger partial charge in [0, 0.05) is 18.8 Å². The first-order valence-electron chi connectivity index (χ1n) is 5.87. The van der Waals surface area contributed by atoms with E-state index in [0.29, 0.717) is 13.1 Å². The van der Waals surface area contributed by atoms with Gasteiger partial charge in [0.25, 0.3) is 0 Å². The van der Waals surface area contributed by atoms with Crippen LogP contribution in [0.1, 0.15) is 18.9 Å². The van der Waals surface area contributed by atoms with E-state index in [-0.39, 0.29) is 13.2 Å². The molecule has 0 atom stereocenters. The Bertz CT molecular complexity index is 278. The third kappa shape index (κ3) is 3.83.